The minimum Gasteiger partial charge on any atom is -0.461 e. The lowest BCUT2D eigenvalue weighted by molar-refractivity contribution is -0.0882. The van der Waals surface area contributed by atoms with Crippen LogP contribution in [0.5, 0.6) is 5.75 Å². The SMILES string of the molecule is CCOC1CCc2cc(-c3ccc(C(C)O)cc3)c(F)c(F)c2O1. The first-order valence-corrected chi connectivity index (χ1v) is 8.08. The predicted molar refractivity (Wildman–Crippen MR) is 86.8 cm³/mol. The second-order valence-corrected chi connectivity index (χ2v) is 5.88. The maximum absolute atomic E-state index is 14.5. The number of aliphatic hydroxyl groups excluding tert-OH is 1. The number of hydrogen-bond donors (Lipinski definition) is 1. The Labute approximate surface area is 139 Å². The maximum atomic E-state index is 14.5. The van der Waals surface area contributed by atoms with Gasteiger partial charge in [-0.25, -0.2) is 4.39 Å². The van der Waals surface area contributed by atoms with Crippen molar-refractivity contribution in [2.24, 2.45) is 0 Å². The smallest absolute Gasteiger partial charge is 0.201 e. The van der Waals surface area contributed by atoms with Gasteiger partial charge in [0.25, 0.3) is 0 Å². The van der Waals surface area contributed by atoms with Gasteiger partial charge in [0.2, 0.25) is 5.82 Å². The fourth-order valence-corrected chi connectivity index (χ4v) is 2.89. The molecule has 3 nitrogen and oxygen atoms in total. The summed E-state index contributed by atoms with van der Waals surface area (Å²) < 4.78 is 39.8. The minimum absolute atomic E-state index is 0.0541. The highest BCUT2D eigenvalue weighted by Crippen LogP contribution is 2.37. The van der Waals surface area contributed by atoms with E-state index in [0.29, 0.717) is 30.6 Å². The third-order valence-corrected chi connectivity index (χ3v) is 4.19. The van der Waals surface area contributed by atoms with Gasteiger partial charge in [-0.05, 0) is 43.0 Å². The molecular formula is C19H20F2O3. The standard InChI is InChI=1S/C19H20F2O3/c1-3-23-16-9-8-14-10-15(17(20)18(21)19(14)24-16)13-6-4-12(5-7-13)11(2)22/h4-7,10-11,16,22H,3,8-9H2,1-2H3. The molecule has 5 heteroatoms. The van der Waals surface area contributed by atoms with Crippen LogP contribution in [0.4, 0.5) is 8.78 Å². The van der Waals surface area contributed by atoms with Crippen molar-refractivity contribution >= 4 is 0 Å². The van der Waals surface area contributed by atoms with Gasteiger partial charge in [0.05, 0.1) is 6.10 Å². The van der Waals surface area contributed by atoms with Crippen LogP contribution in [-0.2, 0) is 11.2 Å². The molecule has 1 heterocycles. The molecule has 0 fully saturated rings. The third kappa shape index (κ3) is 3.14. The van der Waals surface area contributed by atoms with Gasteiger partial charge in [-0.1, -0.05) is 24.3 Å². The van der Waals surface area contributed by atoms with Crippen molar-refractivity contribution in [3.8, 4) is 16.9 Å². The minimum atomic E-state index is -0.980. The summed E-state index contributed by atoms with van der Waals surface area (Å²) in [6.07, 6.45) is 0.0306. The van der Waals surface area contributed by atoms with Gasteiger partial charge < -0.3 is 14.6 Å². The summed E-state index contributed by atoms with van der Waals surface area (Å²) >= 11 is 0. The van der Waals surface area contributed by atoms with Crippen LogP contribution in [-0.4, -0.2) is 18.0 Å². The van der Waals surface area contributed by atoms with E-state index in [1.165, 1.54) is 0 Å². The Hall–Kier alpha value is -1.98. The van der Waals surface area contributed by atoms with Crippen molar-refractivity contribution < 1.29 is 23.4 Å². The quantitative estimate of drug-likeness (QED) is 0.902. The molecule has 2 unspecified atom stereocenters. The molecule has 0 saturated heterocycles. The molecule has 128 valence electrons. The van der Waals surface area contributed by atoms with Gasteiger partial charge in [0.1, 0.15) is 0 Å². The van der Waals surface area contributed by atoms with E-state index in [1.807, 2.05) is 6.92 Å². The zero-order valence-corrected chi connectivity index (χ0v) is 13.7. The zero-order valence-electron chi connectivity index (χ0n) is 13.7. The normalized spacial score (nSPS) is 18.0. The summed E-state index contributed by atoms with van der Waals surface area (Å²) in [6, 6.07) is 8.40. The first kappa shape index (κ1) is 16.9. The van der Waals surface area contributed by atoms with Crippen LogP contribution < -0.4 is 4.74 Å². The van der Waals surface area contributed by atoms with Crippen LogP contribution in [0, 0.1) is 11.6 Å². The fraction of sp³-hybridized carbons (Fsp3) is 0.368. The van der Waals surface area contributed by atoms with E-state index in [1.54, 1.807) is 37.3 Å². The Balaban J connectivity index is 1.98. The van der Waals surface area contributed by atoms with Gasteiger partial charge in [-0.3, -0.25) is 0 Å². The summed E-state index contributed by atoms with van der Waals surface area (Å²) in [5.74, 6) is -1.97. The van der Waals surface area contributed by atoms with Gasteiger partial charge in [-0.15, -0.1) is 0 Å². The molecule has 1 N–H and O–H groups in total. The lowest BCUT2D eigenvalue weighted by Crippen LogP contribution is -2.26. The zero-order chi connectivity index (χ0) is 17.3. The summed E-state index contributed by atoms with van der Waals surface area (Å²) in [5.41, 5.74) is 2.12. The second-order valence-electron chi connectivity index (χ2n) is 5.88. The fourth-order valence-electron chi connectivity index (χ4n) is 2.89. The number of rotatable bonds is 4. The molecule has 0 aliphatic carbocycles. The van der Waals surface area contributed by atoms with Gasteiger partial charge in [0.15, 0.2) is 17.9 Å². The average molecular weight is 334 g/mol. The van der Waals surface area contributed by atoms with E-state index >= 15 is 0 Å². The topological polar surface area (TPSA) is 38.7 Å². The molecule has 2 aromatic rings. The first-order valence-electron chi connectivity index (χ1n) is 8.08. The molecule has 0 spiro atoms. The van der Waals surface area contributed by atoms with Crippen molar-refractivity contribution in [1.82, 2.24) is 0 Å². The molecule has 1 aliphatic rings. The summed E-state index contributed by atoms with van der Waals surface area (Å²) in [4.78, 5) is 0. The summed E-state index contributed by atoms with van der Waals surface area (Å²) in [5, 5.41) is 9.55. The monoisotopic (exact) mass is 334 g/mol. The second kappa shape index (κ2) is 6.87. The van der Waals surface area contributed by atoms with E-state index in [2.05, 4.69) is 0 Å². The predicted octanol–water partition coefficient (Wildman–Crippen LogP) is 4.37. The molecule has 3 rings (SSSR count). The van der Waals surface area contributed by atoms with E-state index in [9.17, 15) is 13.9 Å². The number of benzene rings is 2. The van der Waals surface area contributed by atoms with E-state index < -0.39 is 24.0 Å². The van der Waals surface area contributed by atoms with E-state index in [-0.39, 0.29) is 11.3 Å². The van der Waals surface area contributed by atoms with E-state index in [4.69, 9.17) is 9.47 Å². The van der Waals surface area contributed by atoms with Gasteiger partial charge in [0, 0.05) is 18.6 Å². The molecule has 2 aromatic carbocycles. The highest BCUT2D eigenvalue weighted by Gasteiger charge is 2.27. The van der Waals surface area contributed by atoms with Crippen molar-refractivity contribution in [3.05, 3.63) is 53.1 Å². The van der Waals surface area contributed by atoms with Gasteiger partial charge >= 0.3 is 0 Å². The molecule has 0 radical (unpaired) electrons. The Bertz CT molecular complexity index is 726. The Morgan fingerprint density at radius 1 is 1.25 bits per heavy atom. The molecule has 0 bridgehead atoms. The van der Waals surface area contributed by atoms with Crippen LogP contribution in [0.3, 0.4) is 0 Å². The number of aliphatic hydroxyl groups is 1. The maximum Gasteiger partial charge on any atom is 0.201 e. The molecular weight excluding hydrogens is 314 g/mol. The number of halogens is 2. The van der Waals surface area contributed by atoms with E-state index in [0.717, 1.165) is 5.56 Å². The molecule has 24 heavy (non-hydrogen) atoms. The van der Waals surface area contributed by atoms with Crippen molar-refractivity contribution in [3.63, 3.8) is 0 Å². The van der Waals surface area contributed by atoms with Crippen LogP contribution in [0.1, 0.15) is 37.5 Å². The third-order valence-electron chi connectivity index (χ3n) is 4.19. The number of ether oxygens (including phenoxy) is 2. The summed E-state index contributed by atoms with van der Waals surface area (Å²) in [6.45, 7) is 3.94. The van der Waals surface area contributed by atoms with Crippen molar-refractivity contribution in [2.45, 2.75) is 39.1 Å². The van der Waals surface area contributed by atoms with Crippen LogP contribution in [0.15, 0.2) is 30.3 Å². The highest BCUT2D eigenvalue weighted by molar-refractivity contribution is 5.67. The van der Waals surface area contributed by atoms with Crippen LogP contribution in [0.2, 0.25) is 0 Å². The van der Waals surface area contributed by atoms with Gasteiger partial charge in [-0.2, -0.15) is 4.39 Å². The lowest BCUT2D eigenvalue weighted by atomic mass is 9.96. The largest absolute Gasteiger partial charge is 0.461 e. The Morgan fingerprint density at radius 2 is 1.96 bits per heavy atom. The van der Waals surface area contributed by atoms with Crippen LogP contribution >= 0.6 is 0 Å². The highest BCUT2D eigenvalue weighted by atomic mass is 19.2. The average Bonchev–Trinajstić information content (AvgIpc) is 2.59. The Morgan fingerprint density at radius 3 is 2.58 bits per heavy atom. The molecule has 0 saturated carbocycles. The molecule has 2 atom stereocenters. The molecule has 0 amide bonds. The number of hydrogen-bond acceptors (Lipinski definition) is 3. The molecule has 0 aromatic heterocycles. The summed E-state index contributed by atoms with van der Waals surface area (Å²) in [7, 11) is 0. The van der Waals surface area contributed by atoms with Crippen molar-refractivity contribution in [1.29, 1.82) is 0 Å². The number of aryl methyl sites for hydroxylation is 1. The van der Waals surface area contributed by atoms with Crippen LogP contribution in [0.25, 0.3) is 11.1 Å². The number of fused-ring (bicyclic) bond motifs is 1. The Kier molecular flexibility index (Phi) is 4.83. The first-order chi connectivity index (χ1) is 11.5. The molecule has 1 aliphatic heterocycles. The lowest BCUT2D eigenvalue weighted by Gasteiger charge is -2.26. The van der Waals surface area contributed by atoms with Crippen molar-refractivity contribution in [2.75, 3.05) is 6.61 Å².